The fraction of sp³-hybridized carbons (Fsp3) is 0.462. The van der Waals surface area contributed by atoms with Crippen molar-refractivity contribution in [3.8, 4) is 11.5 Å². The van der Waals surface area contributed by atoms with E-state index >= 15 is 0 Å². The Morgan fingerprint density at radius 2 is 2.28 bits per heavy atom. The molecule has 0 fully saturated rings. The summed E-state index contributed by atoms with van der Waals surface area (Å²) >= 11 is 0. The van der Waals surface area contributed by atoms with Crippen LogP contribution in [0.4, 0.5) is 0 Å². The second-order valence-electron chi connectivity index (χ2n) is 3.98. The van der Waals surface area contributed by atoms with Gasteiger partial charge in [0.15, 0.2) is 11.5 Å². The second-order valence-corrected chi connectivity index (χ2v) is 3.98. The van der Waals surface area contributed by atoms with Crippen LogP contribution in [0.1, 0.15) is 25.3 Å². The zero-order valence-corrected chi connectivity index (χ0v) is 10.6. The molecular formula is C13H20N2O3. The SMILES string of the molecule is CCOc1cc(CNCCCC(N)=O)ccc1O. The lowest BCUT2D eigenvalue weighted by atomic mass is 10.2. The van der Waals surface area contributed by atoms with Gasteiger partial charge in [0.2, 0.25) is 5.91 Å². The van der Waals surface area contributed by atoms with E-state index in [2.05, 4.69) is 5.32 Å². The first-order valence-electron chi connectivity index (χ1n) is 6.07. The number of hydrogen-bond acceptors (Lipinski definition) is 4. The highest BCUT2D eigenvalue weighted by atomic mass is 16.5. The lowest BCUT2D eigenvalue weighted by molar-refractivity contribution is -0.118. The van der Waals surface area contributed by atoms with E-state index in [4.69, 9.17) is 10.5 Å². The summed E-state index contributed by atoms with van der Waals surface area (Å²) in [7, 11) is 0. The van der Waals surface area contributed by atoms with Crippen LogP contribution in [-0.4, -0.2) is 24.2 Å². The third-order valence-corrected chi connectivity index (χ3v) is 2.43. The van der Waals surface area contributed by atoms with Crippen LogP contribution in [0, 0.1) is 0 Å². The van der Waals surface area contributed by atoms with Gasteiger partial charge in [0.05, 0.1) is 6.61 Å². The predicted octanol–water partition coefficient (Wildman–Crippen LogP) is 1.15. The van der Waals surface area contributed by atoms with Crippen LogP contribution in [0.25, 0.3) is 0 Å². The van der Waals surface area contributed by atoms with Crippen molar-refractivity contribution in [2.45, 2.75) is 26.3 Å². The molecule has 0 saturated heterocycles. The van der Waals surface area contributed by atoms with Gasteiger partial charge in [0.25, 0.3) is 0 Å². The Morgan fingerprint density at radius 1 is 1.50 bits per heavy atom. The zero-order chi connectivity index (χ0) is 13.4. The number of hydrogen-bond donors (Lipinski definition) is 3. The molecule has 0 heterocycles. The van der Waals surface area contributed by atoms with Crippen LogP contribution >= 0.6 is 0 Å². The van der Waals surface area contributed by atoms with Crippen LogP contribution in [0.15, 0.2) is 18.2 Å². The number of ether oxygens (including phenoxy) is 1. The Balaban J connectivity index is 2.38. The van der Waals surface area contributed by atoms with Gasteiger partial charge in [-0.3, -0.25) is 4.79 Å². The molecule has 0 atom stereocenters. The fourth-order valence-corrected chi connectivity index (χ4v) is 1.56. The van der Waals surface area contributed by atoms with Crippen LogP contribution in [0.5, 0.6) is 11.5 Å². The van der Waals surface area contributed by atoms with Crippen molar-refractivity contribution >= 4 is 5.91 Å². The largest absolute Gasteiger partial charge is 0.504 e. The molecular weight excluding hydrogens is 232 g/mol. The Labute approximate surface area is 107 Å². The maximum Gasteiger partial charge on any atom is 0.217 e. The summed E-state index contributed by atoms with van der Waals surface area (Å²) in [5.74, 6) is 0.364. The summed E-state index contributed by atoms with van der Waals surface area (Å²) in [4.78, 5) is 10.5. The summed E-state index contributed by atoms with van der Waals surface area (Å²) in [5, 5.41) is 12.7. The van der Waals surface area contributed by atoms with E-state index in [1.165, 1.54) is 0 Å². The topological polar surface area (TPSA) is 84.6 Å². The van der Waals surface area contributed by atoms with Gasteiger partial charge in [0, 0.05) is 13.0 Å². The van der Waals surface area contributed by atoms with Gasteiger partial charge in [-0.15, -0.1) is 0 Å². The number of amides is 1. The van der Waals surface area contributed by atoms with Gasteiger partial charge in [-0.2, -0.15) is 0 Å². The summed E-state index contributed by atoms with van der Waals surface area (Å²) in [6, 6.07) is 5.25. The smallest absolute Gasteiger partial charge is 0.217 e. The number of rotatable bonds is 8. The monoisotopic (exact) mass is 252 g/mol. The highest BCUT2D eigenvalue weighted by molar-refractivity contribution is 5.73. The van der Waals surface area contributed by atoms with Gasteiger partial charge in [-0.05, 0) is 37.6 Å². The predicted molar refractivity (Wildman–Crippen MR) is 69.4 cm³/mol. The van der Waals surface area contributed by atoms with Crippen LogP contribution in [-0.2, 0) is 11.3 Å². The molecule has 18 heavy (non-hydrogen) atoms. The molecule has 100 valence electrons. The first-order valence-corrected chi connectivity index (χ1v) is 6.07. The van der Waals surface area contributed by atoms with E-state index in [0.29, 0.717) is 25.3 Å². The molecule has 0 aliphatic rings. The number of aromatic hydroxyl groups is 1. The molecule has 0 aliphatic heterocycles. The van der Waals surface area contributed by atoms with Gasteiger partial charge >= 0.3 is 0 Å². The summed E-state index contributed by atoms with van der Waals surface area (Å²) in [6.07, 6.45) is 1.12. The van der Waals surface area contributed by atoms with Gasteiger partial charge in [-0.1, -0.05) is 6.07 Å². The van der Waals surface area contributed by atoms with Gasteiger partial charge < -0.3 is 20.9 Å². The molecule has 0 aromatic heterocycles. The highest BCUT2D eigenvalue weighted by Gasteiger charge is 2.03. The number of benzene rings is 1. The third-order valence-electron chi connectivity index (χ3n) is 2.43. The van der Waals surface area contributed by atoms with Crippen molar-refractivity contribution in [1.29, 1.82) is 0 Å². The van der Waals surface area contributed by atoms with Gasteiger partial charge in [-0.25, -0.2) is 0 Å². The summed E-state index contributed by atoms with van der Waals surface area (Å²) in [5.41, 5.74) is 6.07. The molecule has 0 saturated carbocycles. The maximum absolute atomic E-state index is 10.5. The zero-order valence-electron chi connectivity index (χ0n) is 10.6. The molecule has 5 heteroatoms. The van der Waals surface area contributed by atoms with Crippen molar-refractivity contribution in [1.82, 2.24) is 5.32 Å². The molecule has 1 amide bonds. The van der Waals surface area contributed by atoms with Crippen molar-refractivity contribution in [3.63, 3.8) is 0 Å². The molecule has 1 aromatic carbocycles. The van der Waals surface area contributed by atoms with Crippen molar-refractivity contribution in [2.24, 2.45) is 5.73 Å². The van der Waals surface area contributed by atoms with E-state index in [-0.39, 0.29) is 11.7 Å². The molecule has 0 bridgehead atoms. The average Bonchev–Trinajstić information content (AvgIpc) is 2.32. The summed E-state index contributed by atoms with van der Waals surface area (Å²) in [6.45, 7) is 3.78. The minimum absolute atomic E-state index is 0.148. The number of phenolic OH excluding ortho intramolecular Hbond substituents is 1. The van der Waals surface area contributed by atoms with E-state index < -0.39 is 0 Å². The Morgan fingerprint density at radius 3 is 2.94 bits per heavy atom. The molecule has 1 aromatic rings. The Kier molecular flexibility index (Phi) is 6.00. The molecule has 0 spiro atoms. The number of nitrogens with one attached hydrogen (secondary N) is 1. The first-order chi connectivity index (χ1) is 8.63. The van der Waals surface area contributed by atoms with Gasteiger partial charge in [0.1, 0.15) is 0 Å². The minimum atomic E-state index is -0.278. The summed E-state index contributed by atoms with van der Waals surface area (Å²) < 4.78 is 5.30. The quantitative estimate of drug-likeness (QED) is 0.606. The first kappa shape index (κ1) is 14.3. The van der Waals surface area contributed by atoms with Crippen LogP contribution < -0.4 is 15.8 Å². The van der Waals surface area contributed by atoms with E-state index in [1.807, 2.05) is 13.0 Å². The number of nitrogens with two attached hydrogens (primary N) is 1. The highest BCUT2D eigenvalue weighted by Crippen LogP contribution is 2.26. The normalized spacial score (nSPS) is 10.3. The molecule has 5 nitrogen and oxygen atoms in total. The molecule has 0 aliphatic carbocycles. The molecule has 4 N–H and O–H groups in total. The van der Waals surface area contributed by atoms with Crippen molar-refractivity contribution in [2.75, 3.05) is 13.2 Å². The Bertz CT molecular complexity index is 394. The van der Waals surface area contributed by atoms with E-state index in [1.54, 1.807) is 12.1 Å². The molecule has 0 radical (unpaired) electrons. The lowest BCUT2D eigenvalue weighted by Gasteiger charge is -2.09. The van der Waals surface area contributed by atoms with Crippen LogP contribution in [0.2, 0.25) is 0 Å². The van der Waals surface area contributed by atoms with E-state index in [9.17, 15) is 9.90 Å². The lowest BCUT2D eigenvalue weighted by Crippen LogP contribution is -2.18. The third kappa shape index (κ3) is 5.05. The fourth-order valence-electron chi connectivity index (χ4n) is 1.56. The number of carbonyl (C=O) groups is 1. The number of carbonyl (C=O) groups excluding carboxylic acids is 1. The maximum atomic E-state index is 10.5. The number of primary amides is 1. The van der Waals surface area contributed by atoms with Crippen molar-refractivity contribution < 1.29 is 14.6 Å². The van der Waals surface area contributed by atoms with E-state index in [0.717, 1.165) is 18.5 Å². The number of phenols is 1. The minimum Gasteiger partial charge on any atom is -0.504 e. The Hall–Kier alpha value is -1.75. The molecule has 1 rings (SSSR count). The van der Waals surface area contributed by atoms with Crippen molar-refractivity contribution in [3.05, 3.63) is 23.8 Å². The molecule has 0 unspecified atom stereocenters. The van der Waals surface area contributed by atoms with Crippen LogP contribution in [0.3, 0.4) is 0 Å². The standard InChI is InChI=1S/C13H20N2O3/c1-2-18-12-8-10(5-6-11(12)16)9-15-7-3-4-13(14)17/h5-6,8,15-16H,2-4,7,9H2,1H3,(H2,14,17). The second kappa shape index (κ2) is 7.55. The average molecular weight is 252 g/mol.